The highest BCUT2D eigenvalue weighted by atomic mass is 19.4. The monoisotopic (exact) mass is 366 g/mol. The Balaban J connectivity index is 1.47. The lowest BCUT2D eigenvalue weighted by atomic mass is 10.1. The molecule has 2 aromatic rings. The summed E-state index contributed by atoms with van der Waals surface area (Å²) in [6, 6.07) is 12.8. The number of para-hydroxylation sites is 2. The first-order chi connectivity index (χ1) is 12.4. The number of urea groups is 1. The predicted molar refractivity (Wildman–Crippen MR) is 87.9 cm³/mol. The number of ether oxygens (including phenoxy) is 2. The van der Waals surface area contributed by atoms with Gasteiger partial charge in [-0.2, -0.15) is 0 Å². The number of carbonyl (C=O) groups excluding carboxylic acids is 1. The Morgan fingerprint density at radius 1 is 1.12 bits per heavy atom. The van der Waals surface area contributed by atoms with Crippen molar-refractivity contribution >= 4 is 6.03 Å². The Bertz CT molecular complexity index is 755. The first kappa shape index (κ1) is 17.9. The largest absolute Gasteiger partial charge is 0.573 e. The van der Waals surface area contributed by atoms with Gasteiger partial charge >= 0.3 is 12.4 Å². The van der Waals surface area contributed by atoms with Crippen molar-refractivity contribution in [1.82, 2.24) is 10.6 Å². The molecule has 0 saturated carbocycles. The van der Waals surface area contributed by atoms with Crippen molar-refractivity contribution in [2.45, 2.75) is 25.4 Å². The average molecular weight is 366 g/mol. The Kier molecular flexibility index (Phi) is 5.20. The molecule has 0 aromatic heterocycles. The third kappa shape index (κ3) is 4.81. The lowest BCUT2D eigenvalue weighted by Crippen LogP contribution is -2.40. The SMILES string of the molecule is O=C(NCc1ccccc1OC(F)(F)F)NCC1Cc2ccccc2O1. The van der Waals surface area contributed by atoms with Crippen molar-refractivity contribution < 1.29 is 27.4 Å². The fourth-order valence-electron chi connectivity index (χ4n) is 2.69. The van der Waals surface area contributed by atoms with Crippen LogP contribution >= 0.6 is 0 Å². The highest BCUT2D eigenvalue weighted by molar-refractivity contribution is 5.74. The summed E-state index contributed by atoms with van der Waals surface area (Å²) in [5.74, 6) is 0.466. The van der Waals surface area contributed by atoms with Crippen molar-refractivity contribution in [3.63, 3.8) is 0 Å². The Hall–Kier alpha value is -2.90. The summed E-state index contributed by atoms with van der Waals surface area (Å²) in [6.45, 7) is 0.199. The van der Waals surface area contributed by atoms with Gasteiger partial charge in [-0.25, -0.2) is 4.79 Å². The average Bonchev–Trinajstić information content (AvgIpc) is 3.01. The molecule has 2 N–H and O–H groups in total. The predicted octanol–water partition coefficient (Wildman–Crippen LogP) is 3.39. The maximum Gasteiger partial charge on any atom is 0.573 e. The number of hydrogen-bond donors (Lipinski definition) is 2. The normalized spacial score (nSPS) is 15.7. The van der Waals surface area contributed by atoms with Gasteiger partial charge in [-0.05, 0) is 17.7 Å². The van der Waals surface area contributed by atoms with E-state index in [0.717, 1.165) is 11.3 Å². The van der Waals surface area contributed by atoms with E-state index in [-0.39, 0.29) is 24.0 Å². The zero-order valence-corrected chi connectivity index (χ0v) is 13.7. The second-order valence-electron chi connectivity index (χ2n) is 5.77. The molecule has 0 saturated heterocycles. The molecule has 5 nitrogen and oxygen atoms in total. The van der Waals surface area contributed by atoms with E-state index in [0.29, 0.717) is 13.0 Å². The fourth-order valence-corrected chi connectivity index (χ4v) is 2.69. The van der Waals surface area contributed by atoms with Gasteiger partial charge in [-0.15, -0.1) is 13.2 Å². The minimum absolute atomic E-state index is 0.0934. The molecule has 138 valence electrons. The topological polar surface area (TPSA) is 59.6 Å². The number of fused-ring (bicyclic) bond motifs is 1. The summed E-state index contributed by atoms with van der Waals surface area (Å²) in [7, 11) is 0. The van der Waals surface area contributed by atoms with Gasteiger partial charge in [0.05, 0.1) is 6.54 Å². The van der Waals surface area contributed by atoms with Crippen LogP contribution in [-0.2, 0) is 13.0 Å². The van der Waals surface area contributed by atoms with Crippen LogP contribution in [0.25, 0.3) is 0 Å². The number of rotatable bonds is 5. The zero-order valence-electron chi connectivity index (χ0n) is 13.7. The lowest BCUT2D eigenvalue weighted by molar-refractivity contribution is -0.274. The van der Waals surface area contributed by atoms with E-state index in [2.05, 4.69) is 15.4 Å². The highest BCUT2D eigenvalue weighted by Crippen LogP contribution is 2.28. The third-order valence-electron chi connectivity index (χ3n) is 3.84. The molecule has 2 aromatic carbocycles. The molecule has 3 rings (SSSR count). The van der Waals surface area contributed by atoms with Crippen LogP contribution < -0.4 is 20.1 Å². The van der Waals surface area contributed by atoms with E-state index in [9.17, 15) is 18.0 Å². The van der Waals surface area contributed by atoms with Crippen LogP contribution in [0.15, 0.2) is 48.5 Å². The van der Waals surface area contributed by atoms with Crippen molar-refractivity contribution in [3.05, 3.63) is 59.7 Å². The van der Waals surface area contributed by atoms with E-state index >= 15 is 0 Å². The molecule has 2 amide bonds. The Morgan fingerprint density at radius 3 is 2.62 bits per heavy atom. The molecule has 0 bridgehead atoms. The molecule has 0 spiro atoms. The molecular weight excluding hydrogens is 349 g/mol. The number of benzene rings is 2. The summed E-state index contributed by atoms with van der Waals surface area (Å²) in [4.78, 5) is 11.9. The Labute approximate surface area is 148 Å². The molecule has 26 heavy (non-hydrogen) atoms. The van der Waals surface area contributed by atoms with E-state index in [1.165, 1.54) is 18.2 Å². The molecule has 1 unspecified atom stereocenters. The summed E-state index contributed by atoms with van der Waals surface area (Å²) < 4.78 is 46.8. The second-order valence-corrected chi connectivity index (χ2v) is 5.77. The molecule has 1 aliphatic rings. The van der Waals surface area contributed by atoms with Crippen LogP contribution in [0.2, 0.25) is 0 Å². The van der Waals surface area contributed by atoms with Gasteiger partial charge in [-0.1, -0.05) is 36.4 Å². The molecule has 8 heteroatoms. The first-order valence-electron chi connectivity index (χ1n) is 8.00. The lowest BCUT2D eigenvalue weighted by Gasteiger charge is -2.15. The quantitative estimate of drug-likeness (QED) is 0.853. The number of hydrogen-bond acceptors (Lipinski definition) is 3. The van der Waals surface area contributed by atoms with Crippen LogP contribution in [0.3, 0.4) is 0 Å². The number of carbonyl (C=O) groups is 1. The number of nitrogens with one attached hydrogen (secondary N) is 2. The molecule has 1 aliphatic heterocycles. The van der Waals surface area contributed by atoms with Crippen LogP contribution in [0.4, 0.5) is 18.0 Å². The maximum atomic E-state index is 12.4. The van der Waals surface area contributed by atoms with Crippen LogP contribution in [0.1, 0.15) is 11.1 Å². The second kappa shape index (κ2) is 7.55. The van der Waals surface area contributed by atoms with Gasteiger partial charge in [0.25, 0.3) is 0 Å². The minimum Gasteiger partial charge on any atom is -0.488 e. The van der Waals surface area contributed by atoms with E-state index in [1.807, 2.05) is 24.3 Å². The van der Waals surface area contributed by atoms with E-state index in [1.54, 1.807) is 6.07 Å². The zero-order chi connectivity index (χ0) is 18.6. The number of halogens is 3. The summed E-state index contributed by atoms with van der Waals surface area (Å²) in [6.07, 6.45) is -4.26. The molecule has 0 radical (unpaired) electrons. The first-order valence-corrected chi connectivity index (χ1v) is 8.00. The number of alkyl halides is 3. The molecule has 1 heterocycles. The van der Waals surface area contributed by atoms with Gasteiger partial charge in [-0.3, -0.25) is 0 Å². The van der Waals surface area contributed by atoms with Crippen LogP contribution in [-0.4, -0.2) is 25.0 Å². The third-order valence-corrected chi connectivity index (χ3v) is 3.84. The van der Waals surface area contributed by atoms with Crippen molar-refractivity contribution in [3.8, 4) is 11.5 Å². The van der Waals surface area contributed by atoms with Crippen LogP contribution in [0, 0.1) is 0 Å². The van der Waals surface area contributed by atoms with Gasteiger partial charge in [0.1, 0.15) is 17.6 Å². The van der Waals surface area contributed by atoms with Gasteiger partial charge in [0.15, 0.2) is 0 Å². The summed E-state index contributed by atoms with van der Waals surface area (Å²) in [5, 5.41) is 5.18. The van der Waals surface area contributed by atoms with Crippen LogP contribution in [0.5, 0.6) is 11.5 Å². The highest BCUT2D eigenvalue weighted by Gasteiger charge is 2.32. The van der Waals surface area contributed by atoms with Gasteiger partial charge < -0.3 is 20.1 Å². The maximum absolute atomic E-state index is 12.4. The van der Waals surface area contributed by atoms with Crippen molar-refractivity contribution in [2.75, 3.05) is 6.54 Å². The van der Waals surface area contributed by atoms with Crippen molar-refractivity contribution in [1.29, 1.82) is 0 Å². The fraction of sp³-hybridized carbons (Fsp3) is 0.278. The minimum atomic E-state index is -4.78. The molecule has 1 atom stereocenters. The summed E-state index contributed by atoms with van der Waals surface area (Å²) >= 11 is 0. The smallest absolute Gasteiger partial charge is 0.488 e. The van der Waals surface area contributed by atoms with E-state index < -0.39 is 12.4 Å². The van der Waals surface area contributed by atoms with Gasteiger partial charge in [0.2, 0.25) is 0 Å². The van der Waals surface area contributed by atoms with Crippen molar-refractivity contribution in [2.24, 2.45) is 0 Å². The summed E-state index contributed by atoms with van der Waals surface area (Å²) in [5.41, 5.74) is 1.31. The molecule has 0 fully saturated rings. The van der Waals surface area contributed by atoms with Gasteiger partial charge in [0, 0.05) is 18.5 Å². The number of amides is 2. The standard InChI is InChI=1S/C18H17F3N2O3/c19-18(20,21)26-16-8-4-2-6-13(16)10-22-17(24)23-11-14-9-12-5-1-3-7-15(12)25-14/h1-8,14H,9-11H2,(H2,22,23,24). The molecule has 0 aliphatic carbocycles. The molecular formula is C18H17F3N2O3. The van der Waals surface area contributed by atoms with E-state index in [4.69, 9.17) is 4.74 Å². The Morgan fingerprint density at radius 2 is 1.85 bits per heavy atom.